The second-order valence-corrected chi connectivity index (χ2v) is 8.28. The molecule has 0 aromatic heterocycles. The number of sulfonamides is 1. The van der Waals surface area contributed by atoms with Crippen molar-refractivity contribution in [3.05, 3.63) is 58.6 Å². The molecule has 6 nitrogen and oxygen atoms in total. The van der Waals surface area contributed by atoms with E-state index in [9.17, 15) is 13.2 Å². The van der Waals surface area contributed by atoms with Crippen molar-refractivity contribution in [3.63, 3.8) is 0 Å². The van der Waals surface area contributed by atoms with Crippen molar-refractivity contribution in [1.29, 1.82) is 0 Å². The minimum atomic E-state index is -3.79. The first-order chi connectivity index (χ1) is 12.8. The number of carbonyl (C=O) groups excluding carboxylic acids is 1. The number of hydrogen-bond acceptors (Lipinski definition) is 4. The first kappa shape index (κ1) is 21.2. The van der Waals surface area contributed by atoms with Crippen LogP contribution >= 0.6 is 11.6 Å². The van der Waals surface area contributed by atoms with Crippen LogP contribution in [0.2, 0.25) is 5.02 Å². The van der Waals surface area contributed by atoms with E-state index in [0.717, 1.165) is 9.87 Å². The molecule has 0 aliphatic heterocycles. The summed E-state index contributed by atoms with van der Waals surface area (Å²) in [5.41, 5.74) is 1.47. The summed E-state index contributed by atoms with van der Waals surface area (Å²) in [6.07, 6.45) is 0. The molecular weight excluding hydrogens is 388 g/mol. The van der Waals surface area contributed by atoms with Crippen molar-refractivity contribution in [2.45, 2.75) is 25.3 Å². The fourth-order valence-corrected chi connectivity index (χ4v) is 4.27. The maximum absolute atomic E-state index is 12.9. The van der Waals surface area contributed by atoms with E-state index in [1.165, 1.54) is 13.2 Å². The van der Waals surface area contributed by atoms with E-state index in [0.29, 0.717) is 16.3 Å². The number of hydrogen-bond donors (Lipinski definition) is 1. The second kappa shape index (κ2) is 9.21. The van der Waals surface area contributed by atoms with Crippen LogP contribution in [-0.2, 0) is 21.4 Å². The summed E-state index contributed by atoms with van der Waals surface area (Å²) in [6, 6.07) is 11.8. The summed E-state index contributed by atoms with van der Waals surface area (Å²) >= 11 is 6.07. The molecule has 0 unspecified atom stereocenters. The summed E-state index contributed by atoms with van der Waals surface area (Å²) < 4.78 is 32.0. The van der Waals surface area contributed by atoms with Crippen LogP contribution in [0.25, 0.3) is 0 Å². The number of amides is 1. The minimum absolute atomic E-state index is 0.126. The number of halogens is 1. The van der Waals surface area contributed by atoms with Crippen molar-refractivity contribution in [2.24, 2.45) is 0 Å². The zero-order valence-corrected chi connectivity index (χ0v) is 17.1. The molecule has 1 amide bonds. The predicted octanol–water partition coefficient (Wildman–Crippen LogP) is 2.98. The highest BCUT2D eigenvalue weighted by Gasteiger charge is 2.25. The Balaban J connectivity index is 2.09. The molecule has 0 heterocycles. The van der Waals surface area contributed by atoms with Gasteiger partial charge in [0, 0.05) is 18.1 Å². The first-order valence-electron chi connectivity index (χ1n) is 8.44. The van der Waals surface area contributed by atoms with Crippen LogP contribution in [0, 0.1) is 6.92 Å². The molecule has 0 radical (unpaired) electrons. The predicted molar refractivity (Wildman–Crippen MR) is 105 cm³/mol. The summed E-state index contributed by atoms with van der Waals surface area (Å²) in [5, 5.41) is 3.26. The fourth-order valence-electron chi connectivity index (χ4n) is 2.58. The Hall–Kier alpha value is -2.09. The number of nitrogens with one attached hydrogen (secondary N) is 1. The molecule has 8 heteroatoms. The number of nitrogens with zero attached hydrogens (tertiary/aromatic N) is 1. The highest BCUT2D eigenvalue weighted by Crippen LogP contribution is 2.23. The lowest BCUT2D eigenvalue weighted by molar-refractivity contribution is -0.121. The van der Waals surface area contributed by atoms with Gasteiger partial charge >= 0.3 is 0 Å². The molecule has 0 bridgehead atoms. The maximum atomic E-state index is 12.9. The Labute approximate surface area is 165 Å². The molecule has 0 fully saturated rings. The van der Waals surface area contributed by atoms with E-state index in [2.05, 4.69) is 5.32 Å². The molecule has 0 aliphatic carbocycles. The third kappa shape index (κ3) is 5.22. The lowest BCUT2D eigenvalue weighted by Crippen LogP contribution is -2.40. The molecule has 0 spiro atoms. The average molecular weight is 411 g/mol. The Morgan fingerprint density at radius 3 is 2.52 bits per heavy atom. The topological polar surface area (TPSA) is 75.7 Å². The average Bonchev–Trinajstić information content (AvgIpc) is 2.65. The van der Waals surface area contributed by atoms with Gasteiger partial charge in [-0.3, -0.25) is 4.79 Å². The smallest absolute Gasteiger partial charge is 0.243 e. The summed E-state index contributed by atoms with van der Waals surface area (Å²) in [4.78, 5) is 12.4. The molecule has 0 saturated heterocycles. The Morgan fingerprint density at radius 1 is 1.22 bits per heavy atom. The molecule has 1 N–H and O–H groups in total. The molecule has 2 rings (SSSR count). The lowest BCUT2D eigenvalue weighted by Gasteiger charge is -2.20. The van der Waals surface area contributed by atoms with Gasteiger partial charge in [0.15, 0.2) is 0 Å². The molecule has 2 aromatic rings. The molecule has 0 aliphatic rings. The molecule has 27 heavy (non-hydrogen) atoms. The van der Waals surface area contributed by atoms with E-state index in [1.807, 2.05) is 6.07 Å². The molecule has 2 aromatic carbocycles. The molecule has 0 saturated carbocycles. The number of aryl methyl sites for hydroxylation is 1. The normalized spacial score (nSPS) is 11.4. The zero-order valence-electron chi connectivity index (χ0n) is 15.5. The monoisotopic (exact) mass is 410 g/mol. The number of ether oxygens (including phenoxy) is 1. The van der Waals surface area contributed by atoms with Crippen molar-refractivity contribution in [3.8, 4) is 5.75 Å². The van der Waals surface area contributed by atoms with E-state index in [1.54, 1.807) is 44.2 Å². The largest absolute Gasteiger partial charge is 0.496 e. The fraction of sp³-hybridized carbons (Fsp3) is 0.316. The van der Waals surface area contributed by atoms with Crippen LogP contribution in [0.3, 0.4) is 0 Å². The van der Waals surface area contributed by atoms with E-state index in [-0.39, 0.29) is 24.5 Å². The van der Waals surface area contributed by atoms with E-state index < -0.39 is 15.9 Å². The van der Waals surface area contributed by atoms with Crippen LogP contribution in [0.1, 0.15) is 18.1 Å². The van der Waals surface area contributed by atoms with Crippen molar-refractivity contribution in [1.82, 2.24) is 9.62 Å². The second-order valence-electron chi connectivity index (χ2n) is 5.93. The van der Waals surface area contributed by atoms with Crippen molar-refractivity contribution >= 4 is 27.5 Å². The Kier molecular flexibility index (Phi) is 7.24. The molecule has 0 atom stereocenters. The van der Waals surface area contributed by atoms with E-state index >= 15 is 0 Å². The highest BCUT2D eigenvalue weighted by atomic mass is 35.5. The van der Waals surface area contributed by atoms with Crippen molar-refractivity contribution < 1.29 is 17.9 Å². The maximum Gasteiger partial charge on any atom is 0.243 e. The standard InChI is InChI=1S/C19H23ClN2O4S/c1-4-22(13-19(23)21-12-15-7-5-6-8-17(15)20)27(24,25)16-9-10-18(26-3)14(2)11-16/h5-11H,4,12-13H2,1-3H3,(H,21,23). The third-order valence-corrected chi connectivity index (χ3v) is 6.40. The van der Waals surface area contributed by atoms with Gasteiger partial charge in [0.05, 0.1) is 18.6 Å². The number of carbonyl (C=O) groups is 1. The summed E-state index contributed by atoms with van der Waals surface area (Å²) in [5.74, 6) is 0.208. The Bertz CT molecular complexity index is 916. The van der Waals surface area contributed by atoms with Gasteiger partial charge in [-0.1, -0.05) is 36.7 Å². The van der Waals surface area contributed by atoms with Crippen molar-refractivity contribution in [2.75, 3.05) is 20.2 Å². The number of methoxy groups -OCH3 is 1. The van der Waals surface area contributed by atoms with Gasteiger partial charge in [0.1, 0.15) is 5.75 Å². The van der Waals surface area contributed by atoms with Gasteiger partial charge in [-0.15, -0.1) is 0 Å². The van der Waals surface area contributed by atoms with Gasteiger partial charge in [-0.25, -0.2) is 8.42 Å². The van der Waals surface area contributed by atoms with Gasteiger partial charge in [0.25, 0.3) is 0 Å². The number of rotatable bonds is 8. The molecule has 146 valence electrons. The lowest BCUT2D eigenvalue weighted by atomic mass is 10.2. The quantitative estimate of drug-likeness (QED) is 0.725. The van der Waals surface area contributed by atoms with Gasteiger partial charge in [-0.05, 0) is 42.3 Å². The first-order valence-corrected chi connectivity index (χ1v) is 10.3. The zero-order chi connectivity index (χ0) is 20.0. The van der Waals surface area contributed by atoms with Gasteiger partial charge in [0.2, 0.25) is 15.9 Å². The van der Waals surface area contributed by atoms with Crippen LogP contribution in [0.4, 0.5) is 0 Å². The SMILES string of the molecule is CCN(CC(=O)NCc1ccccc1Cl)S(=O)(=O)c1ccc(OC)c(C)c1. The summed E-state index contributed by atoms with van der Waals surface area (Å²) in [6.45, 7) is 3.60. The van der Waals surface area contributed by atoms with Crippen LogP contribution in [0.15, 0.2) is 47.4 Å². The van der Waals surface area contributed by atoms with E-state index in [4.69, 9.17) is 16.3 Å². The third-order valence-electron chi connectivity index (χ3n) is 4.11. The van der Waals surface area contributed by atoms with Gasteiger partial charge in [-0.2, -0.15) is 4.31 Å². The van der Waals surface area contributed by atoms with Crippen LogP contribution in [-0.4, -0.2) is 38.8 Å². The van der Waals surface area contributed by atoms with Crippen LogP contribution in [0.5, 0.6) is 5.75 Å². The van der Waals surface area contributed by atoms with Gasteiger partial charge < -0.3 is 10.1 Å². The molecular formula is C19H23ClN2O4S. The number of likely N-dealkylation sites (N-methyl/N-ethyl adjacent to an activating group) is 1. The minimum Gasteiger partial charge on any atom is -0.496 e. The Morgan fingerprint density at radius 2 is 1.93 bits per heavy atom. The van der Waals surface area contributed by atoms with Crippen LogP contribution < -0.4 is 10.1 Å². The number of benzene rings is 2. The highest BCUT2D eigenvalue weighted by molar-refractivity contribution is 7.89. The summed E-state index contributed by atoms with van der Waals surface area (Å²) in [7, 11) is -2.27.